The molecular weight excluding hydrogens is 881 g/mol. The monoisotopic (exact) mass is 938 g/mol. The van der Waals surface area contributed by atoms with Gasteiger partial charge < -0.3 is 0 Å². The van der Waals surface area contributed by atoms with E-state index in [2.05, 4.69) is 140 Å². The van der Waals surface area contributed by atoms with Gasteiger partial charge in [0.05, 0.1) is 9.75 Å². The minimum atomic E-state index is 0.0528. The smallest absolute Gasteiger partial charge is 0.0542 e. The van der Waals surface area contributed by atoms with Crippen LogP contribution in [0.2, 0.25) is 0 Å². The van der Waals surface area contributed by atoms with Crippen LogP contribution in [0.5, 0.6) is 0 Å². The minimum absolute atomic E-state index is 0.0528. The van der Waals surface area contributed by atoms with Crippen LogP contribution >= 0.6 is 90.7 Å². The summed E-state index contributed by atoms with van der Waals surface area (Å²) in [6.45, 7) is 18.6. The van der Waals surface area contributed by atoms with Gasteiger partial charge in [0.25, 0.3) is 0 Å². The van der Waals surface area contributed by atoms with E-state index in [1.807, 2.05) is 90.7 Å². The van der Waals surface area contributed by atoms with Crippen LogP contribution in [0.4, 0.5) is 0 Å². The highest BCUT2D eigenvalue weighted by molar-refractivity contribution is 7.30. The zero-order valence-corrected chi connectivity index (χ0v) is 43.0. The molecule has 0 nitrogen and oxygen atoms in total. The predicted octanol–water partition coefficient (Wildman–Crippen LogP) is 20.7. The third-order valence-corrected chi connectivity index (χ3v) is 21.7. The van der Waals surface area contributed by atoms with Crippen LogP contribution in [0, 0.1) is 0 Å². The predicted molar refractivity (Wildman–Crippen MR) is 281 cm³/mol. The quantitative estimate of drug-likeness (QED) is 0.0798. The van der Waals surface area contributed by atoms with E-state index in [1.165, 1.54) is 153 Å². The van der Waals surface area contributed by atoms with Crippen molar-refractivity contribution in [2.24, 2.45) is 0 Å². The van der Waals surface area contributed by atoms with Crippen molar-refractivity contribution in [1.82, 2.24) is 0 Å². The molecule has 0 aromatic carbocycles. The summed E-state index contributed by atoms with van der Waals surface area (Å²) in [7, 11) is 0. The van der Waals surface area contributed by atoms with Gasteiger partial charge in [-0.15, -0.1) is 90.7 Å². The molecule has 0 aliphatic carbocycles. The summed E-state index contributed by atoms with van der Waals surface area (Å²) in [5.74, 6) is 0. The summed E-state index contributed by atoms with van der Waals surface area (Å²) in [4.78, 5) is 22.5. The molecule has 8 heterocycles. The lowest BCUT2D eigenvalue weighted by molar-refractivity contribution is 0.603. The van der Waals surface area contributed by atoms with Crippen LogP contribution in [0.3, 0.4) is 0 Å². The fourth-order valence-electron chi connectivity index (χ4n) is 7.42. The zero-order valence-electron chi connectivity index (χ0n) is 36.4. The van der Waals surface area contributed by atoms with Crippen LogP contribution in [-0.4, -0.2) is 0 Å². The molecule has 0 N–H and O–H groups in total. The van der Waals surface area contributed by atoms with Crippen molar-refractivity contribution in [3.63, 3.8) is 0 Å². The van der Waals surface area contributed by atoms with Crippen molar-refractivity contribution in [1.29, 1.82) is 0 Å². The Morgan fingerprint density at radius 1 is 0.333 bits per heavy atom. The molecule has 0 atom stereocenters. The van der Waals surface area contributed by atoms with Crippen LogP contribution in [0.15, 0.2) is 84.9 Å². The molecule has 8 heteroatoms. The molecule has 0 saturated heterocycles. The van der Waals surface area contributed by atoms with E-state index in [0.717, 1.165) is 0 Å². The first-order valence-corrected chi connectivity index (χ1v) is 28.3. The van der Waals surface area contributed by atoms with Crippen molar-refractivity contribution < 1.29 is 0 Å². The Morgan fingerprint density at radius 2 is 0.733 bits per heavy atom. The lowest BCUT2D eigenvalue weighted by Crippen LogP contribution is -2.07. The Bertz CT molecular complexity index is 2610. The molecule has 0 fully saturated rings. The van der Waals surface area contributed by atoms with Gasteiger partial charge in [0, 0.05) is 79.4 Å². The van der Waals surface area contributed by atoms with Gasteiger partial charge in [0.15, 0.2) is 0 Å². The van der Waals surface area contributed by atoms with Crippen LogP contribution < -0.4 is 0 Å². The minimum Gasteiger partial charge on any atom is -0.139 e. The highest BCUT2D eigenvalue weighted by Crippen LogP contribution is 2.55. The second-order valence-electron chi connectivity index (χ2n) is 18.0. The van der Waals surface area contributed by atoms with Gasteiger partial charge in [-0.3, -0.25) is 0 Å². The standard InChI is InChI=1S/C52H58S8/c1-9-11-13-15-17-33-19-21-39(53-33)41-25-23-37(55-41)35-31-46(45-28-27-43(57-45)44-29-30-47(58-44)51(3,4)5)59-49(35)50-36(32-48(60-50)52(6,7)8)38-24-26-42(56-38)40-22-20-34(54-40)18-16-14-12-10-2/h19-32H,9-18H2,1-8H3. The topological polar surface area (TPSA) is 0 Å². The molecule has 60 heavy (non-hydrogen) atoms. The van der Waals surface area contributed by atoms with Crippen molar-refractivity contribution in [3.05, 3.63) is 104 Å². The fraction of sp³-hybridized carbons (Fsp3) is 0.385. The van der Waals surface area contributed by atoms with E-state index >= 15 is 0 Å². The van der Waals surface area contributed by atoms with Gasteiger partial charge >= 0.3 is 0 Å². The third-order valence-electron chi connectivity index (χ3n) is 11.0. The van der Waals surface area contributed by atoms with Gasteiger partial charge in [0.2, 0.25) is 0 Å². The average molecular weight is 940 g/mol. The number of hydrogen-bond acceptors (Lipinski definition) is 8. The average Bonchev–Trinajstić information content (AvgIpc) is 4.05. The highest BCUT2D eigenvalue weighted by atomic mass is 32.1. The molecule has 8 aromatic heterocycles. The molecule has 0 unspecified atom stereocenters. The van der Waals surface area contributed by atoms with E-state index in [-0.39, 0.29) is 10.8 Å². The lowest BCUT2D eigenvalue weighted by atomic mass is 9.94. The van der Waals surface area contributed by atoms with Gasteiger partial charge in [-0.2, -0.15) is 0 Å². The van der Waals surface area contributed by atoms with Gasteiger partial charge in [-0.05, 0) is 121 Å². The molecule has 0 bridgehead atoms. The Balaban J connectivity index is 1.18. The van der Waals surface area contributed by atoms with Gasteiger partial charge in [-0.1, -0.05) is 93.9 Å². The molecule has 0 aliphatic rings. The summed E-state index contributed by atoms with van der Waals surface area (Å²) in [5.41, 5.74) is 2.97. The van der Waals surface area contributed by atoms with Crippen molar-refractivity contribution >= 4 is 90.7 Å². The normalized spacial score (nSPS) is 12.3. The van der Waals surface area contributed by atoms with E-state index in [9.17, 15) is 0 Å². The molecule has 0 saturated carbocycles. The summed E-state index contributed by atoms with van der Waals surface area (Å²) >= 11 is 15.8. The number of aryl methyl sites for hydroxylation is 2. The largest absolute Gasteiger partial charge is 0.139 e. The zero-order chi connectivity index (χ0) is 42.0. The highest BCUT2D eigenvalue weighted by Gasteiger charge is 2.27. The maximum Gasteiger partial charge on any atom is 0.0542 e. The first-order chi connectivity index (χ1) is 28.9. The van der Waals surface area contributed by atoms with Gasteiger partial charge in [0.1, 0.15) is 0 Å². The van der Waals surface area contributed by atoms with Crippen LogP contribution in [0.1, 0.15) is 126 Å². The summed E-state index contributed by atoms with van der Waals surface area (Å²) in [6, 6.07) is 33.4. The Morgan fingerprint density at radius 3 is 1.23 bits per heavy atom. The number of rotatable bonds is 17. The van der Waals surface area contributed by atoms with E-state index < -0.39 is 0 Å². The SMILES string of the molecule is CCCCCCc1ccc(-c2ccc(-c3cc(-c4ccc(-c5ccc(C(C)(C)C)s5)s4)sc3-c3sc(C(C)(C)C)cc3-c3ccc(-c4ccc(CCCCCC)s4)s3)s2)s1. The lowest BCUT2D eigenvalue weighted by Gasteiger charge is -2.15. The summed E-state index contributed by atoms with van der Waals surface area (Å²) < 4.78 is 0. The number of hydrogen-bond donors (Lipinski definition) is 0. The molecule has 0 radical (unpaired) electrons. The molecule has 8 rings (SSSR count). The Labute approximate surface area is 391 Å². The van der Waals surface area contributed by atoms with Crippen molar-refractivity contribution in [2.45, 2.75) is 130 Å². The van der Waals surface area contributed by atoms with Crippen molar-refractivity contribution in [2.75, 3.05) is 0 Å². The molecule has 0 amide bonds. The molecule has 314 valence electrons. The Kier molecular flexibility index (Phi) is 14.1. The molecular formula is C52H58S8. The van der Waals surface area contributed by atoms with E-state index in [4.69, 9.17) is 0 Å². The van der Waals surface area contributed by atoms with E-state index in [0.29, 0.717) is 0 Å². The van der Waals surface area contributed by atoms with Crippen molar-refractivity contribution in [3.8, 4) is 69.7 Å². The number of thiophene rings is 8. The molecule has 8 aromatic rings. The fourth-order valence-corrected chi connectivity index (χ4v) is 16.7. The first-order valence-electron chi connectivity index (χ1n) is 21.8. The molecule has 0 aliphatic heterocycles. The maximum atomic E-state index is 2.52. The first kappa shape index (κ1) is 44.2. The molecule has 0 spiro atoms. The second-order valence-corrected chi connectivity index (χ2v) is 26.8. The summed E-state index contributed by atoms with van der Waals surface area (Å²) in [5, 5.41) is 0. The van der Waals surface area contributed by atoms with Crippen LogP contribution in [-0.2, 0) is 23.7 Å². The third kappa shape index (κ3) is 10.2. The summed E-state index contributed by atoms with van der Waals surface area (Å²) in [6.07, 6.45) is 12.9. The number of unbranched alkanes of at least 4 members (excludes halogenated alkanes) is 6. The second kappa shape index (κ2) is 19.1. The van der Waals surface area contributed by atoms with E-state index in [1.54, 1.807) is 0 Å². The van der Waals surface area contributed by atoms with Crippen LogP contribution in [0.25, 0.3) is 69.7 Å². The van der Waals surface area contributed by atoms with Gasteiger partial charge in [-0.25, -0.2) is 0 Å². The Hall–Kier alpha value is -2.40. The maximum absolute atomic E-state index is 2.52.